The zero-order valence-corrected chi connectivity index (χ0v) is 12.7. The van der Waals surface area contributed by atoms with E-state index in [4.69, 9.17) is 0 Å². The first kappa shape index (κ1) is 14.6. The number of nitrogens with zero attached hydrogens (tertiary/aromatic N) is 6. The second-order valence-corrected chi connectivity index (χ2v) is 5.00. The minimum Gasteiger partial charge on any atom is -0.323 e. The van der Waals surface area contributed by atoms with Crippen LogP contribution in [0.2, 0.25) is 0 Å². The van der Waals surface area contributed by atoms with E-state index in [-0.39, 0.29) is 11.9 Å². The summed E-state index contributed by atoms with van der Waals surface area (Å²) in [4.78, 5) is 25.3. The van der Waals surface area contributed by atoms with Crippen molar-refractivity contribution in [3.8, 4) is 0 Å². The van der Waals surface area contributed by atoms with Crippen LogP contribution in [0.4, 0.5) is 11.9 Å². The molecule has 0 aliphatic carbocycles. The van der Waals surface area contributed by atoms with Crippen molar-refractivity contribution in [2.75, 3.05) is 5.43 Å². The molecule has 122 valence electrons. The third-order valence-corrected chi connectivity index (χ3v) is 3.34. The summed E-state index contributed by atoms with van der Waals surface area (Å²) < 4.78 is 0. The Morgan fingerprint density at radius 2 is 1.60 bits per heavy atom. The van der Waals surface area contributed by atoms with Gasteiger partial charge in [0, 0.05) is 5.18 Å². The van der Waals surface area contributed by atoms with Gasteiger partial charge in [-0.1, -0.05) is 24.3 Å². The molecule has 3 N–H and O–H groups in total. The van der Waals surface area contributed by atoms with E-state index in [2.05, 4.69) is 45.9 Å². The van der Waals surface area contributed by atoms with Gasteiger partial charge in [-0.15, -0.1) is 20.2 Å². The lowest BCUT2D eigenvalue weighted by atomic mass is 10.3. The lowest BCUT2D eigenvalue weighted by Gasteiger charge is -1.92. The molecule has 0 aliphatic heterocycles. The molecule has 0 saturated carbocycles. The van der Waals surface area contributed by atoms with Gasteiger partial charge in [0.1, 0.15) is 0 Å². The van der Waals surface area contributed by atoms with Crippen molar-refractivity contribution in [2.24, 2.45) is 20.5 Å². The summed E-state index contributed by atoms with van der Waals surface area (Å²) in [7, 11) is 0. The van der Waals surface area contributed by atoms with E-state index in [0.29, 0.717) is 5.95 Å². The summed E-state index contributed by atoms with van der Waals surface area (Å²) in [6.45, 7) is 0. The van der Waals surface area contributed by atoms with Gasteiger partial charge in [0.25, 0.3) is 0 Å². The Hall–Kier alpha value is -3.95. The number of imidazole rings is 2. The SMILES string of the molecule is O=N/C(N=Nc1nc2ccccc2[nH]1)=N\Nc1nc2ccccc2[nH]1. The molecule has 10 nitrogen and oxygen atoms in total. The van der Waals surface area contributed by atoms with Crippen LogP contribution in [0.25, 0.3) is 22.1 Å². The van der Waals surface area contributed by atoms with Gasteiger partial charge < -0.3 is 9.97 Å². The number of anilines is 1. The van der Waals surface area contributed by atoms with E-state index in [0.717, 1.165) is 22.1 Å². The fraction of sp³-hybridized carbons (Fsp3) is 0. The third-order valence-electron chi connectivity index (χ3n) is 3.34. The van der Waals surface area contributed by atoms with Crippen LogP contribution in [0.1, 0.15) is 0 Å². The first-order valence-corrected chi connectivity index (χ1v) is 7.30. The number of aromatic nitrogens is 4. The highest BCUT2D eigenvalue weighted by Crippen LogP contribution is 2.16. The van der Waals surface area contributed by atoms with Crippen molar-refractivity contribution in [1.82, 2.24) is 19.9 Å². The van der Waals surface area contributed by atoms with Crippen molar-refractivity contribution < 1.29 is 0 Å². The van der Waals surface area contributed by atoms with E-state index >= 15 is 0 Å². The number of fused-ring (bicyclic) bond motifs is 2. The van der Waals surface area contributed by atoms with E-state index in [1.807, 2.05) is 48.5 Å². The molecular weight excluding hydrogens is 322 g/mol. The van der Waals surface area contributed by atoms with Gasteiger partial charge in [-0.25, -0.2) is 15.4 Å². The van der Waals surface area contributed by atoms with E-state index in [1.54, 1.807) is 0 Å². The van der Waals surface area contributed by atoms with Gasteiger partial charge in [-0.2, -0.15) is 0 Å². The molecule has 2 heterocycles. The smallest absolute Gasteiger partial charge is 0.323 e. The van der Waals surface area contributed by atoms with Gasteiger partial charge in [0.2, 0.25) is 11.9 Å². The Kier molecular flexibility index (Phi) is 3.67. The maximum absolute atomic E-state index is 10.9. The number of hydrazone groups is 1. The molecule has 0 bridgehead atoms. The fourth-order valence-corrected chi connectivity index (χ4v) is 2.25. The van der Waals surface area contributed by atoms with Crippen LogP contribution in [-0.2, 0) is 0 Å². The summed E-state index contributed by atoms with van der Waals surface area (Å²) in [5.41, 5.74) is 5.76. The molecule has 10 heteroatoms. The Balaban J connectivity index is 1.52. The third kappa shape index (κ3) is 3.08. The highest BCUT2D eigenvalue weighted by atomic mass is 16.3. The number of hydrogen-bond acceptors (Lipinski definition) is 6. The van der Waals surface area contributed by atoms with Crippen LogP contribution in [0.5, 0.6) is 0 Å². The number of guanidine groups is 1. The summed E-state index contributed by atoms with van der Waals surface area (Å²) in [6.07, 6.45) is 0. The van der Waals surface area contributed by atoms with Gasteiger partial charge >= 0.3 is 5.96 Å². The van der Waals surface area contributed by atoms with Gasteiger partial charge in [0.05, 0.1) is 22.1 Å². The molecule has 2 aromatic carbocycles. The normalized spacial score (nSPS) is 12.2. The maximum Gasteiger partial charge on any atom is 0.326 e. The summed E-state index contributed by atoms with van der Waals surface area (Å²) in [5.74, 6) is 0.225. The van der Waals surface area contributed by atoms with Crippen molar-refractivity contribution >= 4 is 39.9 Å². The average molecular weight is 333 g/mol. The highest BCUT2D eigenvalue weighted by Gasteiger charge is 2.03. The van der Waals surface area contributed by atoms with E-state index in [9.17, 15) is 4.91 Å². The first-order chi connectivity index (χ1) is 12.3. The van der Waals surface area contributed by atoms with Crippen LogP contribution < -0.4 is 5.43 Å². The molecule has 0 fully saturated rings. The van der Waals surface area contributed by atoms with Gasteiger partial charge in [-0.05, 0) is 24.3 Å². The second-order valence-electron chi connectivity index (χ2n) is 5.00. The van der Waals surface area contributed by atoms with Crippen LogP contribution in [0.15, 0.2) is 69.0 Å². The van der Waals surface area contributed by atoms with Crippen molar-refractivity contribution in [3.63, 3.8) is 0 Å². The number of H-pyrrole nitrogens is 2. The lowest BCUT2D eigenvalue weighted by Crippen LogP contribution is -1.96. The fourth-order valence-electron chi connectivity index (χ4n) is 2.25. The molecule has 0 aliphatic rings. The summed E-state index contributed by atoms with van der Waals surface area (Å²) in [6, 6.07) is 14.9. The number of aromatic amines is 2. The number of nitroso groups, excluding NO2 is 1. The molecule has 2 aromatic heterocycles. The molecule has 4 aromatic rings. The summed E-state index contributed by atoms with van der Waals surface area (Å²) in [5, 5.41) is 14.0. The predicted molar refractivity (Wildman–Crippen MR) is 93.6 cm³/mol. The number of nitrogens with one attached hydrogen (secondary N) is 3. The minimum absolute atomic E-state index is 0.251. The van der Waals surface area contributed by atoms with Gasteiger partial charge in [0.15, 0.2) is 0 Å². The van der Waals surface area contributed by atoms with E-state index < -0.39 is 0 Å². The van der Waals surface area contributed by atoms with Crippen molar-refractivity contribution in [1.29, 1.82) is 0 Å². The maximum atomic E-state index is 10.9. The largest absolute Gasteiger partial charge is 0.326 e. The zero-order valence-electron chi connectivity index (χ0n) is 12.7. The topological polar surface area (TPSA) is 136 Å². The molecule has 4 rings (SSSR count). The van der Waals surface area contributed by atoms with Crippen molar-refractivity contribution in [2.45, 2.75) is 0 Å². The first-order valence-electron chi connectivity index (χ1n) is 7.30. The number of benzene rings is 2. The monoisotopic (exact) mass is 333 g/mol. The Morgan fingerprint density at radius 3 is 2.28 bits per heavy atom. The lowest BCUT2D eigenvalue weighted by molar-refractivity contribution is 1.12. The highest BCUT2D eigenvalue weighted by molar-refractivity contribution is 5.82. The second kappa shape index (κ2) is 6.28. The van der Waals surface area contributed by atoms with E-state index in [1.165, 1.54) is 0 Å². The zero-order chi connectivity index (χ0) is 17.1. The molecule has 25 heavy (non-hydrogen) atoms. The Labute approximate surface area is 140 Å². The molecule has 0 amide bonds. The average Bonchev–Trinajstić information content (AvgIpc) is 3.24. The quantitative estimate of drug-likeness (QED) is 0.173. The summed E-state index contributed by atoms with van der Waals surface area (Å²) >= 11 is 0. The van der Waals surface area contributed by atoms with Crippen LogP contribution in [0, 0.1) is 4.91 Å². The van der Waals surface area contributed by atoms with Crippen molar-refractivity contribution in [3.05, 3.63) is 53.4 Å². The molecule has 0 saturated heterocycles. The Bertz CT molecular complexity index is 1040. The molecule has 0 radical (unpaired) electrons. The number of para-hydroxylation sites is 4. The molecule has 0 spiro atoms. The predicted octanol–water partition coefficient (Wildman–Crippen LogP) is 3.67. The molecule has 0 unspecified atom stereocenters. The van der Waals surface area contributed by atoms with Crippen LogP contribution in [0.3, 0.4) is 0 Å². The van der Waals surface area contributed by atoms with Crippen LogP contribution in [-0.4, -0.2) is 25.9 Å². The molecular formula is C15H11N9O. The number of azo groups is 1. The Morgan fingerprint density at radius 1 is 0.920 bits per heavy atom. The van der Waals surface area contributed by atoms with Crippen LogP contribution >= 0.6 is 0 Å². The molecule has 0 atom stereocenters. The number of rotatable bonds is 3. The minimum atomic E-state index is -0.388. The number of hydrogen-bond donors (Lipinski definition) is 3. The standard InChI is InChI=1S/C15H11N9O/c25-24-15(22-20-13-16-9-5-1-2-6-10(9)17-13)23-21-14-18-11-7-3-4-8-12(11)19-14/h1-8H,(H,16,17)(H2,18,19,21)/b22-20?,23-15-. The van der Waals surface area contributed by atoms with Gasteiger partial charge in [-0.3, -0.25) is 0 Å².